The highest BCUT2D eigenvalue weighted by Gasteiger charge is 2.03. The highest BCUT2D eigenvalue weighted by Crippen LogP contribution is 2.15. The van der Waals surface area contributed by atoms with Gasteiger partial charge in [0.1, 0.15) is 0 Å². The van der Waals surface area contributed by atoms with Gasteiger partial charge in [-0.1, -0.05) is 60.7 Å². The molecule has 0 fully saturated rings. The minimum Gasteiger partial charge on any atom is -0.261 e. The molecule has 2 nitrogen and oxygen atoms in total. The van der Waals surface area contributed by atoms with Crippen LogP contribution in [0.15, 0.2) is 77.9 Å². The predicted molar refractivity (Wildman–Crippen MR) is 82.6 cm³/mol. The smallest absolute Gasteiger partial charge is 0.0620 e. The van der Waals surface area contributed by atoms with Gasteiger partial charge in [-0.3, -0.25) is 5.01 Å². The van der Waals surface area contributed by atoms with E-state index in [0.717, 1.165) is 16.8 Å². The number of para-hydroxylation sites is 1. The summed E-state index contributed by atoms with van der Waals surface area (Å²) >= 11 is 0. The molecule has 0 saturated carbocycles. The molecule has 0 aliphatic rings. The van der Waals surface area contributed by atoms with Crippen molar-refractivity contribution >= 4 is 11.9 Å². The molecule has 2 rings (SSSR count). The Morgan fingerprint density at radius 2 is 1.63 bits per heavy atom. The standard InChI is InChI=1S/C17H18N2/c1-15(2)14-19(17-11-7-4-8-12-17)18-13-16-9-5-3-6-10-16/h3-13H,1,14H2,2H3/b18-13+. The number of hydrazone groups is 1. The van der Waals surface area contributed by atoms with E-state index >= 15 is 0 Å². The summed E-state index contributed by atoms with van der Waals surface area (Å²) < 4.78 is 0. The monoisotopic (exact) mass is 250 g/mol. The van der Waals surface area contributed by atoms with Crippen LogP contribution in [0.4, 0.5) is 5.69 Å². The Hall–Kier alpha value is -2.35. The van der Waals surface area contributed by atoms with Crippen LogP contribution < -0.4 is 5.01 Å². The molecule has 0 N–H and O–H groups in total. The first-order valence-electron chi connectivity index (χ1n) is 6.32. The molecule has 0 unspecified atom stereocenters. The second-order valence-corrected chi connectivity index (χ2v) is 4.51. The average molecular weight is 250 g/mol. The Morgan fingerprint density at radius 3 is 2.21 bits per heavy atom. The first-order valence-corrected chi connectivity index (χ1v) is 6.32. The van der Waals surface area contributed by atoms with E-state index in [-0.39, 0.29) is 0 Å². The van der Waals surface area contributed by atoms with Gasteiger partial charge >= 0.3 is 0 Å². The van der Waals surface area contributed by atoms with Gasteiger partial charge in [-0.15, -0.1) is 0 Å². The fourth-order valence-corrected chi connectivity index (χ4v) is 1.73. The number of nitrogens with zero attached hydrogens (tertiary/aromatic N) is 2. The quantitative estimate of drug-likeness (QED) is 0.443. The molecule has 2 aromatic carbocycles. The summed E-state index contributed by atoms with van der Waals surface area (Å²) in [5, 5.41) is 6.51. The van der Waals surface area contributed by atoms with Gasteiger partial charge in [0.2, 0.25) is 0 Å². The normalized spacial score (nSPS) is 10.6. The summed E-state index contributed by atoms with van der Waals surface area (Å²) in [5.74, 6) is 0. The van der Waals surface area contributed by atoms with Crippen LogP contribution in [-0.2, 0) is 0 Å². The van der Waals surface area contributed by atoms with Crippen molar-refractivity contribution in [3.63, 3.8) is 0 Å². The van der Waals surface area contributed by atoms with E-state index in [4.69, 9.17) is 0 Å². The van der Waals surface area contributed by atoms with E-state index < -0.39 is 0 Å². The summed E-state index contributed by atoms with van der Waals surface area (Å²) in [7, 11) is 0. The summed E-state index contributed by atoms with van der Waals surface area (Å²) in [6.07, 6.45) is 1.87. The van der Waals surface area contributed by atoms with Crippen LogP contribution in [0, 0.1) is 0 Å². The van der Waals surface area contributed by atoms with Crippen molar-refractivity contribution in [1.82, 2.24) is 0 Å². The van der Waals surface area contributed by atoms with Crippen LogP contribution in [0.1, 0.15) is 12.5 Å². The van der Waals surface area contributed by atoms with Crippen LogP contribution >= 0.6 is 0 Å². The number of hydrogen-bond donors (Lipinski definition) is 0. The molecular formula is C17H18N2. The Balaban J connectivity index is 2.19. The van der Waals surface area contributed by atoms with Crippen LogP contribution in [0.2, 0.25) is 0 Å². The van der Waals surface area contributed by atoms with Crippen LogP contribution in [0.3, 0.4) is 0 Å². The Kier molecular flexibility index (Phi) is 4.51. The lowest BCUT2D eigenvalue weighted by Gasteiger charge is -2.19. The third-order valence-electron chi connectivity index (χ3n) is 2.62. The second kappa shape index (κ2) is 6.55. The average Bonchev–Trinajstić information content (AvgIpc) is 2.45. The molecule has 0 aromatic heterocycles. The molecule has 19 heavy (non-hydrogen) atoms. The van der Waals surface area contributed by atoms with Crippen molar-refractivity contribution < 1.29 is 0 Å². The van der Waals surface area contributed by atoms with Gasteiger partial charge in [0.05, 0.1) is 18.4 Å². The predicted octanol–water partition coefficient (Wildman–Crippen LogP) is 4.10. The van der Waals surface area contributed by atoms with E-state index in [1.54, 1.807) is 0 Å². The van der Waals surface area contributed by atoms with Crippen molar-refractivity contribution in [2.45, 2.75) is 6.92 Å². The maximum Gasteiger partial charge on any atom is 0.0620 e. The third-order valence-corrected chi connectivity index (χ3v) is 2.62. The molecule has 0 spiro atoms. The fourth-order valence-electron chi connectivity index (χ4n) is 1.73. The zero-order valence-corrected chi connectivity index (χ0v) is 11.2. The molecule has 0 heterocycles. The SMILES string of the molecule is C=C(C)CN(/N=C/c1ccccc1)c1ccccc1. The molecule has 0 radical (unpaired) electrons. The molecule has 2 aromatic rings. The highest BCUT2D eigenvalue weighted by atomic mass is 15.4. The lowest BCUT2D eigenvalue weighted by Crippen LogP contribution is -2.18. The largest absolute Gasteiger partial charge is 0.261 e. The zero-order chi connectivity index (χ0) is 13.5. The highest BCUT2D eigenvalue weighted by molar-refractivity contribution is 5.80. The van der Waals surface area contributed by atoms with Crippen molar-refractivity contribution in [2.75, 3.05) is 11.6 Å². The Bertz CT molecular complexity index is 544. The third kappa shape index (κ3) is 4.11. The summed E-state index contributed by atoms with van der Waals surface area (Å²) in [5.41, 5.74) is 3.23. The molecule has 96 valence electrons. The van der Waals surface area contributed by atoms with Crippen molar-refractivity contribution in [3.8, 4) is 0 Å². The topological polar surface area (TPSA) is 15.6 Å². The van der Waals surface area contributed by atoms with Gasteiger partial charge in [0.25, 0.3) is 0 Å². The minimum absolute atomic E-state index is 0.716. The van der Waals surface area contributed by atoms with E-state index in [0.29, 0.717) is 6.54 Å². The molecule has 0 aliphatic heterocycles. The maximum atomic E-state index is 4.55. The molecule has 0 bridgehead atoms. The van der Waals surface area contributed by atoms with Crippen LogP contribution in [-0.4, -0.2) is 12.8 Å². The van der Waals surface area contributed by atoms with Crippen molar-refractivity contribution in [3.05, 3.63) is 78.4 Å². The maximum absolute atomic E-state index is 4.55. The van der Waals surface area contributed by atoms with Crippen LogP contribution in [0.25, 0.3) is 0 Å². The van der Waals surface area contributed by atoms with E-state index in [1.165, 1.54) is 0 Å². The number of rotatable bonds is 5. The van der Waals surface area contributed by atoms with Gasteiger partial charge in [-0.25, -0.2) is 0 Å². The van der Waals surface area contributed by atoms with E-state index in [9.17, 15) is 0 Å². The number of benzene rings is 2. The summed E-state index contributed by atoms with van der Waals surface area (Å²) in [4.78, 5) is 0. The summed E-state index contributed by atoms with van der Waals surface area (Å²) in [6, 6.07) is 20.2. The Morgan fingerprint density at radius 1 is 1.05 bits per heavy atom. The van der Waals surface area contributed by atoms with Crippen molar-refractivity contribution in [2.24, 2.45) is 5.10 Å². The second-order valence-electron chi connectivity index (χ2n) is 4.51. The van der Waals surface area contributed by atoms with Gasteiger partial charge in [0.15, 0.2) is 0 Å². The Labute approximate surface area is 114 Å². The lowest BCUT2D eigenvalue weighted by molar-refractivity contribution is 0.914. The van der Waals surface area contributed by atoms with Crippen LogP contribution in [0.5, 0.6) is 0 Å². The molecule has 0 saturated heterocycles. The first-order chi connectivity index (χ1) is 9.25. The summed E-state index contributed by atoms with van der Waals surface area (Å²) in [6.45, 7) is 6.68. The van der Waals surface area contributed by atoms with E-state index in [2.05, 4.69) is 11.7 Å². The van der Waals surface area contributed by atoms with Crippen molar-refractivity contribution in [1.29, 1.82) is 0 Å². The number of anilines is 1. The molecular weight excluding hydrogens is 232 g/mol. The fraction of sp³-hybridized carbons (Fsp3) is 0.118. The molecule has 0 atom stereocenters. The molecule has 2 heteroatoms. The van der Waals surface area contributed by atoms with Gasteiger partial charge in [-0.05, 0) is 24.6 Å². The van der Waals surface area contributed by atoms with E-state index in [1.807, 2.05) is 78.8 Å². The lowest BCUT2D eigenvalue weighted by atomic mass is 10.2. The zero-order valence-electron chi connectivity index (χ0n) is 11.2. The first kappa shape index (κ1) is 13.1. The molecule has 0 aliphatic carbocycles. The minimum atomic E-state index is 0.716. The van der Waals surface area contributed by atoms with Gasteiger partial charge in [-0.2, -0.15) is 5.10 Å². The van der Waals surface area contributed by atoms with Gasteiger partial charge in [0, 0.05) is 0 Å². The number of hydrogen-bond acceptors (Lipinski definition) is 2. The molecule has 0 amide bonds. The van der Waals surface area contributed by atoms with Gasteiger partial charge < -0.3 is 0 Å².